The van der Waals surface area contributed by atoms with E-state index in [1.54, 1.807) is 13.8 Å². The molecule has 0 aromatic rings. The van der Waals surface area contributed by atoms with Gasteiger partial charge in [0, 0.05) is 13.1 Å². The number of sulfonamides is 1. The molecule has 7 heteroatoms. The maximum Gasteiger partial charge on any atom is 0.320 e. The summed E-state index contributed by atoms with van der Waals surface area (Å²) in [6, 6.07) is -0.552. The van der Waals surface area contributed by atoms with Crippen LogP contribution in [-0.2, 0) is 14.8 Å². The van der Waals surface area contributed by atoms with Gasteiger partial charge in [-0.2, -0.15) is 0 Å². The Kier molecular flexibility index (Phi) is 7.33. The average Bonchev–Trinajstić information content (AvgIpc) is 2.21. The van der Waals surface area contributed by atoms with E-state index in [1.165, 1.54) is 10.6 Å². The fourth-order valence-electron chi connectivity index (χ4n) is 1.50. The Morgan fingerprint density at radius 3 is 2.35 bits per heavy atom. The first-order valence-electron chi connectivity index (χ1n) is 5.74. The van der Waals surface area contributed by atoms with Crippen molar-refractivity contribution < 1.29 is 18.3 Å². The van der Waals surface area contributed by atoms with Crippen LogP contribution in [0, 0.1) is 0 Å². The third-order valence-electron chi connectivity index (χ3n) is 2.50. The van der Waals surface area contributed by atoms with Crippen molar-refractivity contribution in [3.63, 3.8) is 0 Å². The molecule has 0 bridgehead atoms. The van der Waals surface area contributed by atoms with Crippen molar-refractivity contribution in [1.82, 2.24) is 9.62 Å². The van der Waals surface area contributed by atoms with Gasteiger partial charge in [-0.1, -0.05) is 13.8 Å². The van der Waals surface area contributed by atoms with Gasteiger partial charge >= 0.3 is 5.97 Å². The van der Waals surface area contributed by atoms with Crippen LogP contribution in [0.5, 0.6) is 0 Å². The highest BCUT2D eigenvalue weighted by Crippen LogP contribution is 1.99. The zero-order valence-corrected chi connectivity index (χ0v) is 11.5. The van der Waals surface area contributed by atoms with Crippen LogP contribution in [0.1, 0.15) is 26.7 Å². The maximum atomic E-state index is 11.3. The molecular weight excluding hydrogens is 244 g/mol. The molecular formula is C10H22N2O4S. The lowest BCUT2D eigenvalue weighted by molar-refractivity contribution is -0.139. The standard InChI is InChI=1S/C10H22N2O4S/c1-4-9(10(13)14)11-7-6-8-12(5-2)17(3,15)16/h9,11H,4-8H2,1-3H3,(H,13,14). The molecule has 0 fully saturated rings. The van der Waals surface area contributed by atoms with E-state index in [9.17, 15) is 13.2 Å². The second-order valence-corrected chi connectivity index (χ2v) is 5.84. The molecule has 0 aromatic heterocycles. The highest BCUT2D eigenvalue weighted by molar-refractivity contribution is 7.88. The second-order valence-electron chi connectivity index (χ2n) is 3.86. The predicted molar refractivity (Wildman–Crippen MR) is 66.4 cm³/mol. The first kappa shape index (κ1) is 16.3. The minimum Gasteiger partial charge on any atom is -0.480 e. The van der Waals surface area contributed by atoms with Crippen molar-refractivity contribution in [3.05, 3.63) is 0 Å². The summed E-state index contributed by atoms with van der Waals surface area (Å²) in [6.07, 6.45) is 2.29. The summed E-state index contributed by atoms with van der Waals surface area (Å²) in [7, 11) is -3.15. The van der Waals surface area contributed by atoms with E-state index in [0.29, 0.717) is 32.5 Å². The summed E-state index contributed by atoms with van der Waals surface area (Å²) in [4.78, 5) is 10.7. The first-order valence-corrected chi connectivity index (χ1v) is 7.59. The Labute approximate surface area is 103 Å². The lowest BCUT2D eigenvalue weighted by Crippen LogP contribution is -2.38. The van der Waals surface area contributed by atoms with Crippen molar-refractivity contribution in [2.24, 2.45) is 0 Å². The molecule has 2 N–H and O–H groups in total. The Morgan fingerprint density at radius 1 is 1.41 bits per heavy atom. The monoisotopic (exact) mass is 266 g/mol. The van der Waals surface area contributed by atoms with E-state index < -0.39 is 22.0 Å². The Hall–Kier alpha value is -0.660. The van der Waals surface area contributed by atoms with Crippen LogP contribution in [0.25, 0.3) is 0 Å². The van der Waals surface area contributed by atoms with Crippen LogP contribution in [0.3, 0.4) is 0 Å². The first-order chi connectivity index (χ1) is 7.82. The number of aliphatic carboxylic acids is 1. The molecule has 102 valence electrons. The maximum absolute atomic E-state index is 11.3. The lowest BCUT2D eigenvalue weighted by Gasteiger charge is -2.18. The molecule has 0 rings (SSSR count). The second kappa shape index (κ2) is 7.62. The van der Waals surface area contributed by atoms with Crippen molar-refractivity contribution in [2.45, 2.75) is 32.7 Å². The molecule has 0 saturated heterocycles. The third kappa shape index (κ3) is 6.60. The largest absolute Gasteiger partial charge is 0.480 e. The van der Waals surface area contributed by atoms with E-state index in [4.69, 9.17) is 5.11 Å². The third-order valence-corrected chi connectivity index (χ3v) is 3.88. The number of carboxylic acids is 1. The molecule has 17 heavy (non-hydrogen) atoms. The van der Waals surface area contributed by atoms with E-state index in [0.717, 1.165) is 0 Å². The Balaban J connectivity index is 3.95. The molecule has 0 radical (unpaired) electrons. The molecule has 0 heterocycles. The quantitative estimate of drug-likeness (QED) is 0.578. The minimum atomic E-state index is -3.15. The van der Waals surface area contributed by atoms with Gasteiger partial charge < -0.3 is 10.4 Å². The van der Waals surface area contributed by atoms with Crippen molar-refractivity contribution in [3.8, 4) is 0 Å². The van der Waals surface area contributed by atoms with Gasteiger partial charge in [0.1, 0.15) is 6.04 Å². The van der Waals surface area contributed by atoms with E-state index in [-0.39, 0.29) is 0 Å². The number of nitrogens with zero attached hydrogens (tertiary/aromatic N) is 1. The number of nitrogens with one attached hydrogen (secondary N) is 1. The fourth-order valence-corrected chi connectivity index (χ4v) is 2.43. The van der Waals surface area contributed by atoms with Gasteiger partial charge in [-0.15, -0.1) is 0 Å². The normalized spacial score (nSPS) is 13.9. The zero-order chi connectivity index (χ0) is 13.5. The number of hydrogen-bond acceptors (Lipinski definition) is 4. The van der Waals surface area contributed by atoms with Crippen LogP contribution in [0.2, 0.25) is 0 Å². The summed E-state index contributed by atoms with van der Waals surface area (Å²) in [6.45, 7) is 4.92. The zero-order valence-electron chi connectivity index (χ0n) is 10.6. The van der Waals surface area contributed by atoms with Crippen molar-refractivity contribution >= 4 is 16.0 Å². The SMILES string of the molecule is CCC(NCCCN(CC)S(C)(=O)=O)C(=O)O. The summed E-state index contributed by atoms with van der Waals surface area (Å²) < 4.78 is 23.9. The topological polar surface area (TPSA) is 86.7 Å². The summed E-state index contributed by atoms with van der Waals surface area (Å²) >= 11 is 0. The molecule has 0 amide bonds. The van der Waals surface area contributed by atoms with Gasteiger partial charge in [-0.05, 0) is 19.4 Å². The van der Waals surface area contributed by atoms with Gasteiger partial charge in [-0.25, -0.2) is 12.7 Å². The Morgan fingerprint density at radius 2 is 2.00 bits per heavy atom. The molecule has 0 aromatic carbocycles. The lowest BCUT2D eigenvalue weighted by atomic mass is 10.2. The van der Waals surface area contributed by atoms with Gasteiger partial charge in [0.25, 0.3) is 0 Å². The summed E-state index contributed by atoms with van der Waals surface area (Å²) in [5, 5.41) is 11.7. The van der Waals surface area contributed by atoms with Gasteiger partial charge in [-0.3, -0.25) is 4.79 Å². The Bertz CT molecular complexity index is 329. The fraction of sp³-hybridized carbons (Fsp3) is 0.900. The molecule has 0 saturated carbocycles. The van der Waals surface area contributed by atoms with Gasteiger partial charge in [0.15, 0.2) is 0 Å². The number of carbonyl (C=O) groups is 1. The highest BCUT2D eigenvalue weighted by Gasteiger charge is 2.15. The molecule has 6 nitrogen and oxygen atoms in total. The number of rotatable bonds is 9. The average molecular weight is 266 g/mol. The van der Waals surface area contributed by atoms with E-state index in [1.807, 2.05) is 0 Å². The van der Waals surface area contributed by atoms with Crippen LogP contribution >= 0.6 is 0 Å². The van der Waals surface area contributed by atoms with Crippen molar-refractivity contribution in [2.75, 3.05) is 25.9 Å². The molecule has 0 aliphatic rings. The van der Waals surface area contributed by atoms with E-state index in [2.05, 4.69) is 5.32 Å². The minimum absolute atomic E-state index is 0.415. The highest BCUT2D eigenvalue weighted by atomic mass is 32.2. The number of carboxylic acid groups (broad SMARTS) is 1. The van der Waals surface area contributed by atoms with Crippen molar-refractivity contribution in [1.29, 1.82) is 0 Å². The van der Waals surface area contributed by atoms with Crippen LogP contribution < -0.4 is 5.32 Å². The summed E-state index contributed by atoms with van der Waals surface area (Å²) in [5.41, 5.74) is 0. The van der Waals surface area contributed by atoms with Crippen LogP contribution in [0.4, 0.5) is 0 Å². The van der Waals surface area contributed by atoms with E-state index >= 15 is 0 Å². The smallest absolute Gasteiger partial charge is 0.320 e. The van der Waals surface area contributed by atoms with Gasteiger partial charge in [0.05, 0.1) is 6.26 Å². The predicted octanol–water partition coefficient (Wildman–Crippen LogP) is 0.111. The molecule has 0 aliphatic heterocycles. The molecule has 0 spiro atoms. The van der Waals surface area contributed by atoms with Crippen LogP contribution in [0.15, 0.2) is 0 Å². The van der Waals surface area contributed by atoms with Gasteiger partial charge in [0.2, 0.25) is 10.0 Å². The molecule has 1 unspecified atom stereocenters. The number of hydrogen-bond donors (Lipinski definition) is 2. The molecule has 0 aliphatic carbocycles. The van der Waals surface area contributed by atoms with Crippen LogP contribution in [-0.4, -0.2) is 55.7 Å². The summed E-state index contributed by atoms with van der Waals surface area (Å²) in [5.74, 6) is -0.872. The molecule has 1 atom stereocenters.